The third-order valence-corrected chi connectivity index (χ3v) is 3.17. The summed E-state index contributed by atoms with van der Waals surface area (Å²) >= 11 is 0. The van der Waals surface area contributed by atoms with E-state index in [1.165, 1.54) is 0 Å². The molecule has 82 valence electrons. The van der Waals surface area contributed by atoms with E-state index in [-0.39, 0.29) is 23.4 Å². The molecular formula is C11H22N2O. The summed E-state index contributed by atoms with van der Waals surface area (Å²) in [5.41, 5.74) is 5.87. The largest absolute Gasteiger partial charge is 0.336 e. The Kier molecular flexibility index (Phi) is 3.20. The quantitative estimate of drug-likeness (QED) is 0.728. The Hall–Kier alpha value is -0.570. The lowest BCUT2D eigenvalue weighted by molar-refractivity contribution is -0.136. The highest BCUT2D eigenvalue weighted by molar-refractivity contribution is 5.82. The molecule has 2 N–H and O–H groups in total. The van der Waals surface area contributed by atoms with Gasteiger partial charge in [0.25, 0.3) is 0 Å². The average molecular weight is 198 g/mol. The first-order valence-corrected chi connectivity index (χ1v) is 5.43. The Labute approximate surface area is 86.6 Å². The highest BCUT2D eigenvalue weighted by Crippen LogP contribution is 2.29. The number of hydrogen-bond acceptors (Lipinski definition) is 2. The van der Waals surface area contributed by atoms with Gasteiger partial charge in [-0.25, -0.2) is 0 Å². The minimum atomic E-state index is -0.340. The molecular weight excluding hydrogens is 176 g/mol. The minimum Gasteiger partial charge on any atom is -0.336 e. The van der Waals surface area contributed by atoms with Gasteiger partial charge in [0, 0.05) is 12.1 Å². The van der Waals surface area contributed by atoms with Crippen LogP contribution in [0.2, 0.25) is 0 Å². The van der Waals surface area contributed by atoms with Crippen molar-refractivity contribution < 1.29 is 4.79 Å². The van der Waals surface area contributed by atoms with Gasteiger partial charge in [-0.15, -0.1) is 0 Å². The summed E-state index contributed by atoms with van der Waals surface area (Å²) in [5, 5.41) is 0. The molecule has 0 aromatic rings. The molecule has 0 unspecified atom stereocenters. The van der Waals surface area contributed by atoms with Crippen LogP contribution in [0.4, 0.5) is 0 Å². The minimum absolute atomic E-state index is 0.00356. The van der Waals surface area contributed by atoms with Crippen molar-refractivity contribution in [3.63, 3.8) is 0 Å². The monoisotopic (exact) mass is 198 g/mol. The zero-order valence-electron chi connectivity index (χ0n) is 9.71. The van der Waals surface area contributed by atoms with E-state index in [2.05, 4.69) is 13.8 Å². The number of nitrogens with two attached hydrogens (primary N) is 1. The van der Waals surface area contributed by atoms with Gasteiger partial charge >= 0.3 is 0 Å². The maximum absolute atomic E-state index is 12.0. The predicted octanol–water partition coefficient (Wildman–Crippen LogP) is 1.37. The van der Waals surface area contributed by atoms with Crippen LogP contribution in [0.25, 0.3) is 0 Å². The van der Waals surface area contributed by atoms with Gasteiger partial charge in [0.2, 0.25) is 5.91 Å². The number of carbonyl (C=O) groups excluding carboxylic acids is 1. The third kappa shape index (κ3) is 2.08. The molecule has 3 nitrogen and oxygen atoms in total. The van der Waals surface area contributed by atoms with Crippen molar-refractivity contribution in [1.29, 1.82) is 0 Å². The zero-order valence-corrected chi connectivity index (χ0v) is 9.71. The fourth-order valence-corrected chi connectivity index (χ4v) is 1.98. The van der Waals surface area contributed by atoms with Crippen molar-refractivity contribution in [2.45, 2.75) is 52.1 Å². The number of nitrogens with zero attached hydrogens (tertiary/aromatic N) is 1. The Balaban J connectivity index is 2.70. The van der Waals surface area contributed by atoms with E-state index in [4.69, 9.17) is 5.73 Å². The van der Waals surface area contributed by atoms with Crippen molar-refractivity contribution >= 4 is 5.91 Å². The van der Waals surface area contributed by atoms with Crippen LogP contribution in [-0.4, -0.2) is 28.9 Å². The van der Waals surface area contributed by atoms with Crippen LogP contribution in [0.15, 0.2) is 0 Å². The van der Waals surface area contributed by atoms with Crippen LogP contribution >= 0.6 is 0 Å². The van der Waals surface area contributed by atoms with Crippen LogP contribution in [0.5, 0.6) is 0 Å². The first-order valence-electron chi connectivity index (χ1n) is 5.43. The van der Waals surface area contributed by atoms with Crippen LogP contribution in [0, 0.1) is 5.92 Å². The molecule has 1 atom stereocenters. The first kappa shape index (κ1) is 11.5. The standard InChI is InChI=1S/C11H22N2O/c1-8(2)9(12)10(14)13-7-5-6-11(13,3)4/h8-9H,5-7,12H2,1-4H3/t9-/m1/s1. The van der Waals surface area contributed by atoms with Gasteiger partial charge in [-0.1, -0.05) is 13.8 Å². The number of carbonyl (C=O) groups is 1. The lowest BCUT2D eigenvalue weighted by atomic mass is 9.99. The van der Waals surface area contributed by atoms with Gasteiger partial charge in [-0.2, -0.15) is 0 Å². The molecule has 0 saturated carbocycles. The summed E-state index contributed by atoms with van der Waals surface area (Å²) in [7, 11) is 0. The number of rotatable bonds is 2. The van der Waals surface area contributed by atoms with E-state index in [0.717, 1.165) is 19.4 Å². The molecule has 1 heterocycles. The summed E-state index contributed by atoms with van der Waals surface area (Å²) in [6.07, 6.45) is 2.19. The molecule has 14 heavy (non-hydrogen) atoms. The Bertz CT molecular complexity index is 223. The Morgan fingerprint density at radius 3 is 2.36 bits per heavy atom. The summed E-state index contributed by atoms with van der Waals surface area (Å²) in [6.45, 7) is 9.08. The molecule has 3 heteroatoms. The van der Waals surface area contributed by atoms with E-state index >= 15 is 0 Å². The van der Waals surface area contributed by atoms with E-state index in [1.807, 2.05) is 18.7 Å². The maximum Gasteiger partial charge on any atom is 0.240 e. The van der Waals surface area contributed by atoms with Gasteiger partial charge in [0.1, 0.15) is 0 Å². The van der Waals surface area contributed by atoms with Gasteiger partial charge in [0.05, 0.1) is 6.04 Å². The van der Waals surface area contributed by atoms with Gasteiger partial charge in [-0.3, -0.25) is 4.79 Å². The van der Waals surface area contributed by atoms with E-state index in [1.54, 1.807) is 0 Å². The Morgan fingerprint density at radius 1 is 1.43 bits per heavy atom. The van der Waals surface area contributed by atoms with Crippen molar-refractivity contribution in [2.24, 2.45) is 11.7 Å². The van der Waals surface area contributed by atoms with Gasteiger partial charge in [0.15, 0.2) is 0 Å². The topological polar surface area (TPSA) is 46.3 Å². The van der Waals surface area contributed by atoms with Crippen molar-refractivity contribution in [2.75, 3.05) is 6.54 Å². The molecule has 1 amide bonds. The maximum atomic E-state index is 12.0. The van der Waals surface area contributed by atoms with Crippen LogP contribution in [0.3, 0.4) is 0 Å². The molecule has 1 aliphatic heterocycles. The molecule has 0 radical (unpaired) electrons. The highest BCUT2D eigenvalue weighted by Gasteiger charge is 2.37. The molecule has 1 rings (SSSR count). The lowest BCUT2D eigenvalue weighted by Crippen LogP contribution is -2.51. The average Bonchev–Trinajstić information content (AvgIpc) is 2.42. The van der Waals surface area contributed by atoms with Crippen LogP contribution < -0.4 is 5.73 Å². The van der Waals surface area contributed by atoms with E-state index < -0.39 is 0 Å². The Morgan fingerprint density at radius 2 is 2.00 bits per heavy atom. The molecule has 0 aliphatic carbocycles. The van der Waals surface area contributed by atoms with E-state index in [0.29, 0.717) is 0 Å². The second-order valence-corrected chi connectivity index (χ2v) is 5.18. The number of likely N-dealkylation sites (tertiary alicyclic amines) is 1. The number of hydrogen-bond donors (Lipinski definition) is 1. The van der Waals surface area contributed by atoms with Crippen molar-refractivity contribution in [1.82, 2.24) is 4.90 Å². The zero-order chi connectivity index (χ0) is 10.9. The molecule has 0 aromatic heterocycles. The molecule has 0 spiro atoms. The third-order valence-electron chi connectivity index (χ3n) is 3.17. The fraction of sp³-hybridized carbons (Fsp3) is 0.909. The molecule has 1 fully saturated rings. The second kappa shape index (κ2) is 3.89. The summed E-state index contributed by atoms with van der Waals surface area (Å²) in [6, 6.07) is -0.340. The SMILES string of the molecule is CC(C)[C@@H](N)C(=O)N1CCCC1(C)C. The van der Waals surface area contributed by atoms with Crippen molar-refractivity contribution in [3.05, 3.63) is 0 Å². The summed E-state index contributed by atoms with van der Waals surface area (Å²) in [5.74, 6) is 0.335. The number of amides is 1. The normalized spacial score (nSPS) is 22.9. The summed E-state index contributed by atoms with van der Waals surface area (Å²) < 4.78 is 0. The second-order valence-electron chi connectivity index (χ2n) is 5.18. The molecule has 0 bridgehead atoms. The van der Waals surface area contributed by atoms with Gasteiger partial charge < -0.3 is 10.6 Å². The molecule has 0 aromatic carbocycles. The first-order chi connectivity index (χ1) is 6.36. The van der Waals surface area contributed by atoms with Gasteiger partial charge in [-0.05, 0) is 32.6 Å². The fourth-order valence-electron chi connectivity index (χ4n) is 1.98. The predicted molar refractivity (Wildman–Crippen MR) is 57.8 cm³/mol. The van der Waals surface area contributed by atoms with Crippen LogP contribution in [0.1, 0.15) is 40.5 Å². The van der Waals surface area contributed by atoms with Crippen LogP contribution in [-0.2, 0) is 4.79 Å². The summed E-state index contributed by atoms with van der Waals surface area (Å²) in [4.78, 5) is 13.9. The van der Waals surface area contributed by atoms with Crippen molar-refractivity contribution in [3.8, 4) is 0 Å². The smallest absolute Gasteiger partial charge is 0.240 e. The molecule has 1 aliphatic rings. The lowest BCUT2D eigenvalue weighted by Gasteiger charge is -2.34. The van der Waals surface area contributed by atoms with E-state index in [9.17, 15) is 4.79 Å². The highest BCUT2D eigenvalue weighted by atomic mass is 16.2. The molecule has 1 saturated heterocycles.